The number of allylic oxidation sites excluding steroid dienone is 1. The van der Waals surface area contributed by atoms with Crippen molar-refractivity contribution in [2.75, 3.05) is 21.3 Å². The maximum absolute atomic E-state index is 9.90. The number of hydrogen-bond acceptors (Lipinski definition) is 7. The molecule has 4 rings (SSSR count). The van der Waals surface area contributed by atoms with Gasteiger partial charge < -0.3 is 24.7 Å². The van der Waals surface area contributed by atoms with E-state index < -0.39 is 5.92 Å². The summed E-state index contributed by atoms with van der Waals surface area (Å²) in [5, 5.41) is 17.2. The van der Waals surface area contributed by atoms with Gasteiger partial charge in [0.2, 0.25) is 11.8 Å². The van der Waals surface area contributed by atoms with Crippen molar-refractivity contribution in [3.8, 4) is 40.5 Å². The number of aromatic amines is 1. The number of nitrogens with two attached hydrogens (primary N) is 1. The molecule has 0 radical (unpaired) electrons. The zero-order chi connectivity index (χ0) is 21.3. The first-order chi connectivity index (χ1) is 14.6. The average Bonchev–Trinajstić information content (AvgIpc) is 3.20. The summed E-state index contributed by atoms with van der Waals surface area (Å²) < 4.78 is 22.1. The number of hydrogen-bond donors (Lipinski definition) is 2. The molecule has 152 valence electrons. The molecule has 30 heavy (non-hydrogen) atoms. The van der Waals surface area contributed by atoms with Crippen molar-refractivity contribution in [2.45, 2.75) is 5.92 Å². The van der Waals surface area contributed by atoms with Crippen molar-refractivity contribution < 1.29 is 18.9 Å². The van der Waals surface area contributed by atoms with Gasteiger partial charge >= 0.3 is 0 Å². The van der Waals surface area contributed by atoms with Crippen LogP contribution in [0.15, 0.2) is 53.9 Å². The van der Waals surface area contributed by atoms with Crippen LogP contribution in [0.25, 0.3) is 11.3 Å². The predicted molar refractivity (Wildman–Crippen MR) is 109 cm³/mol. The van der Waals surface area contributed by atoms with Crippen molar-refractivity contribution in [2.24, 2.45) is 5.73 Å². The Hall–Kier alpha value is -4.12. The fourth-order valence-corrected chi connectivity index (χ4v) is 3.69. The van der Waals surface area contributed by atoms with Gasteiger partial charge in [0.05, 0.1) is 38.5 Å². The molecule has 0 amide bonds. The lowest BCUT2D eigenvalue weighted by molar-refractivity contribution is 0.348. The van der Waals surface area contributed by atoms with Crippen LogP contribution in [0.1, 0.15) is 17.0 Å². The molecule has 8 nitrogen and oxygen atoms in total. The van der Waals surface area contributed by atoms with Crippen molar-refractivity contribution in [1.82, 2.24) is 10.2 Å². The molecule has 0 bridgehead atoms. The molecular weight excluding hydrogens is 384 g/mol. The highest BCUT2D eigenvalue weighted by Crippen LogP contribution is 2.49. The molecule has 0 spiro atoms. The molecule has 0 saturated heterocycles. The van der Waals surface area contributed by atoms with E-state index in [-0.39, 0.29) is 11.5 Å². The van der Waals surface area contributed by atoms with E-state index in [0.717, 1.165) is 5.56 Å². The number of nitrogens with one attached hydrogen (secondary N) is 1. The lowest BCUT2D eigenvalue weighted by Gasteiger charge is -2.26. The Kier molecular flexibility index (Phi) is 4.94. The van der Waals surface area contributed by atoms with Crippen LogP contribution in [0.5, 0.6) is 23.1 Å². The van der Waals surface area contributed by atoms with Gasteiger partial charge in [0.15, 0.2) is 11.5 Å². The maximum Gasteiger partial charge on any atom is 0.244 e. The maximum atomic E-state index is 9.90. The first-order valence-corrected chi connectivity index (χ1v) is 9.14. The summed E-state index contributed by atoms with van der Waals surface area (Å²) in [5.41, 5.74) is 9.26. The zero-order valence-electron chi connectivity index (χ0n) is 16.7. The summed E-state index contributed by atoms with van der Waals surface area (Å²) in [4.78, 5) is 0. The van der Waals surface area contributed by atoms with Crippen LogP contribution in [0.3, 0.4) is 0 Å². The fraction of sp³-hybridized carbons (Fsp3) is 0.182. The van der Waals surface area contributed by atoms with Gasteiger partial charge in [-0.25, -0.2) is 0 Å². The first-order valence-electron chi connectivity index (χ1n) is 9.14. The highest BCUT2D eigenvalue weighted by molar-refractivity contribution is 5.73. The molecule has 1 aliphatic rings. The Morgan fingerprint density at radius 3 is 2.60 bits per heavy atom. The van der Waals surface area contributed by atoms with Gasteiger partial charge in [-0.1, -0.05) is 24.3 Å². The molecule has 0 aliphatic carbocycles. The zero-order valence-corrected chi connectivity index (χ0v) is 16.7. The van der Waals surface area contributed by atoms with Crippen molar-refractivity contribution >= 4 is 0 Å². The van der Waals surface area contributed by atoms with E-state index in [1.54, 1.807) is 27.4 Å². The van der Waals surface area contributed by atoms with Gasteiger partial charge in [0, 0.05) is 11.1 Å². The number of benzene rings is 2. The third-order valence-electron chi connectivity index (χ3n) is 5.04. The Labute approximate surface area is 173 Å². The second-order valence-electron chi connectivity index (χ2n) is 6.56. The highest BCUT2D eigenvalue weighted by atomic mass is 16.5. The summed E-state index contributed by atoms with van der Waals surface area (Å²) in [7, 11) is 4.72. The van der Waals surface area contributed by atoms with E-state index in [4.69, 9.17) is 24.7 Å². The Balaban J connectivity index is 1.99. The summed E-state index contributed by atoms with van der Waals surface area (Å²) >= 11 is 0. The number of nitriles is 1. The number of para-hydroxylation sites is 1. The second-order valence-corrected chi connectivity index (χ2v) is 6.56. The molecule has 1 atom stereocenters. The van der Waals surface area contributed by atoms with Crippen LogP contribution in [-0.2, 0) is 0 Å². The van der Waals surface area contributed by atoms with Crippen LogP contribution in [0, 0.1) is 11.3 Å². The van der Waals surface area contributed by atoms with Crippen molar-refractivity contribution in [3.05, 3.63) is 65.0 Å². The number of nitrogens with zero attached hydrogens (tertiary/aromatic N) is 2. The number of ether oxygens (including phenoxy) is 4. The highest BCUT2D eigenvalue weighted by Gasteiger charge is 2.37. The SMILES string of the molecule is COc1cccc(-c2[nH]nc3c2[C@@H](c2cccc(OC)c2OC)C(C#N)=C(N)O3)c1. The summed E-state index contributed by atoms with van der Waals surface area (Å²) in [6.45, 7) is 0. The Morgan fingerprint density at radius 2 is 1.90 bits per heavy atom. The van der Waals surface area contributed by atoms with E-state index in [0.29, 0.717) is 39.9 Å². The minimum Gasteiger partial charge on any atom is -0.497 e. The third kappa shape index (κ3) is 2.97. The fourth-order valence-electron chi connectivity index (χ4n) is 3.69. The van der Waals surface area contributed by atoms with Gasteiger partial charge in [-0.3, -0.25) is 5.10 Å². The molecule has 0 fully saturated rings. The molecule has 1 aliphatic heterocycles. The monoisotopic (exact) mass is 404 g/mol. The second kappa shape index (κ2) is 7.72. The van der Waals surface area contributed by atoms with Gasteiger partial charge in [0.25, 0.3) is 0 Å². The van der Waals surface area contributed by atoms with Crippen molar-refractivity contribution in [1.29, 1.82) is 5.26 Å². The van der Waals surface area contributed by atoms with Gasteiger partial charge in [-0.05, 0) is 18.2 Å². The largest absolute Gasteiger partial charge is 0.497 e. The quantitative estimate of drug-likeness (QED) is 0.670. The molecule has 2 aromatic carbocycles. The van der Waals surface area contributed by atoms with Crippen molar-refractivity contribution in [3.63, 3.8) is 0 Å². The standard InChI is InChI=1S/C22H20N4O4/c1-27-13-7-4-6-12(10-13)19-18-17(14-8-5-9-16(28-2)20(14)29-3)15(11-23)21(24)30-22(18)26-25-19/h4-10,17H,24H2,1-3H3,(H,25,26)/t17-/m0/s1. The van der Waals surface area contributed by atoms with Gasteiger partial charge in [-0.15, -0.1) is 5.10 Å². The number of fused-ring (bicyclic) bond motifs is 1. The minimum atomic E-state index is -0.566. The number of H-pyrrole nitrogens is 1. The minimum absolute atomic E-state index is 0.00330. The number of rotatable bonds is 5. The predicted octanol–water partition coefficient (Wildman–Crippen LogP) is 3.32. The van der Waals surface area contributed by atoms with E-state index >= 15 is 0 Å². The van der Waals surface area contributed by atoms with E-state index in [1.165, 1.54) is 0 Å². The smallest absolute Gasteiger partial charge is 0.244 e. The molecular formula is C22H20N4O4. The lowest BCUT2D eigenvalue weighted by Crippen LogP contribution is -2.21. The van der Waals surface area contributed by atoms with Crippen LogP contribution < -0.4 is 24.7 Å². The normalized spacial score (nSPS) is 15.1. The van der Waals surface area contributed by atoms with Crippen LogP contribution in [-0.4, -0.2) is 31.5 Å². The number of methoxy groups -OCH3 is 3. The van der Waals surface area contributed by atoms with Crippen LogP contribution in [0.4, 0.5) is 0 Å². The molecule has 8 heteroatoms. The van der Waals surface area contributed by atoms with Crippen LogP contribution >= 0.6 is 0 Å². The average molecular weight is 404 g/mol. The van der Waals surface area contributed by atoms with E-state index in [9.17, 15) is 5.26 Å². The Bertz CT molecular complexity index is 1180. The number of aromatic nitrogens is 2. The molecule has 0 unspecified atom stereocenters. The molecule has 2 heterocycles. The van der Waals surface area contributed by atoms with Crippen LogP contribution in [0.2, 0.25) is 0 Å². The molecule has 3 aromatic rings. The third-order valence-corrected chi connectivity index (χ3v) is 5.04. The molecule has 3 N–H and O–H groups in total. The first kappa shape index (κ1) is 19.2. The topological polar surface area (TPSA) is 115 Å². The van der Waals surface area contributed by atoms with Gasteiger partial charge in [-0.2, -0.15) is 5.26 Å². The summed E-state index contributed by atoms with van der Waals surface area (Å²) in [6.07, 6.45) is 0. The summed E-state index contributed by atoms with van der Waals surface area (Å²) in [5.74, 6) is 1.49. The van der Waals surface area contributed by atoms with E-state index in [2.05, 4.69) is 16.3 Å². The Morgan fingerprint density at radius 1 is 1.10 bits per heavy atom. The van der Waals surface area contributed by atoms with Gasteiger partial charge in [0.1, 0.15) is 17.4 Å². The summed E-state index contributed by atoms with van der Waals surface area (Å²) in [6, 6.07) is 15.2. The molecule has 0 saturated carbocycles. The lowest BCUT2D eigenvalue weighted by atomic mass is 9.82. The molecule has 1 aromatic heterocycles. The van der Waals surface area contributed by atoms with E-state index in [1.807, 2.05) is 36.4 Å².